The number of benzene rings is 1. The summed E-state index contributed by atoms with van der Waals surface area (Å²) in [5, 5.41) is 2.74. The predicted molar refractivity (Wildman–Crippen MR) is 76.9 cm³/mol. The number of carbonyl (C=O) groups excluding carboxylic acids is 1. The molecule has 1 atom stereocenters. The van der Waals surface area contributed by atoms with Crippen molar-refractivity contribution in [1.82, 2.24) is 5.32 Å². The summed E-state index contributed by atoms with van der Waals surface area (Å²) in [5.74, 6) is 0.361. The summed E-state index contributed by atoms with van der Waals surface area (Å²) in [5.41, 5.74) is 0. The van der Waals surface area contributed by atoms with Gasteiger partial charge in [-0.25, -0.2) is 12.8 Å². The van der Waals surface area contributed by atoms with Crippen molar-refractivity contribution in [3.8, 4) is 0 Å². The van der Waals surface area contributed by atoms with E-state index >= 15 is 0 Å². The molecule has 1 aliphatic rings. The minimum Gasteiger partial charge on any atom is -0.352 e. The van der Waals surface area contributed by atoms with Crippen LogP contribution in [0.25, 0.3) is 0 Å². The molecule has 1 saturated heterocycles. The second-order valence-electron chi connectivity index (χ2n) is 4.72. The number of rotatable bonds is 5. The first-order valence-corrected chi connectivity index (χ1v) is 9.13. The third-order valence-electron chi connectivity index (χ3n) is 3.01. The SMILES string of the molecule is O=C(CCSc1ccc(F)cc1)N[C@@H]1CCS(=O)(=O)C1. The second-order valence-corrected chi connectivity index (χ2v) is 8.12. The number of sulfone groups is 1. The van der Waals surface area contributed by atoms with Crippen LogP contribution in [0.4, 0.5) is 4.39 Å². The smallest absolute Gasteiger partial charge is 0.221 e. The van der Waals surface area contributed by atoms with E-state index in [0.29, 0.717) is 18.6 Å². The Morgan fingerprint density at radius 2 is 2.05 bits per heavy atom. The largest absolute Gasteiger partial charge is 0.352 e. The molecule has 0 bridgehead atoms. The molecule has 4 nitrogen and oxygen atoms in total. The highest BCUT2D eigenvalue weighted by molar-refractivity contribution is 7.99. The standard InChI is InChI=1S/C13H16FNO3S2/c14-10-1-3-12(4-2-10)19-7-5-13(16)15-11-6-8-20(17,18)9-11/h1-4,11H,5-9H2,(H,15,16)/t11-/m1/s1. The van der Waals surface area contributed by atoms with Crippen LogP contribution < -0.4 is 5.32 Å². The Kier molecular flexibility index (Phi) is 5.04. The molecule has 1 heterocycles. The average molecular weight is 317 g/mol. The van der Waals surface area contributed by atoms with Crippen LogP contribution in [0.3, 0.4) is 0 Å². The van der Waals surface area contributed by atoms with E-state index in [0.717, 1.165) is 4.90 Å². The van der Waals surface area contributed by atoms with Crippen LogP contribution in [0.2, 0.25) is 0 Å². The Hall–Kier alpha value is -1.08. The zero-order valence-electron chi connectivity index (χ0n) is 10.8. The van der Waals surface area contributed by atoms with Crippen LogP contribution >= 0.6 is 11.8 Å². The topological polar surface area (TPSA) is 63.2 Å². The lowest BCUT2D eigenvalue weighted by molar-refractivity contribution is -0.121. The molecule has 0 radical (unpaired) electrons. The van der Waals surface area contributed by atoms with Gasteiger partial charge in [0.05, 0.1) is 11.5 Å². The van der Waals surface area contributed by atoms with Gasteiger partial charge in [0.15, 0.2) is 9.84 Å². The van der Waals surface area contributed by atoms with E-state index in [9.17, 15) is 17.6 Å². The maximum absolute atomic E-state index is 12.7. The summed E-state index contributed by atoms with van der Waals surface area (Å²) < 4.78 is 35.2. The quantitative estimate of drug-likeness (QED) is 0.838. The molecule has 1 amide bonds. The lowest BCUT2D eigenvalue weighted by Gasteiger charge is -2.10. The first-order chi connectivity index (χ1) is 9.44. The zero-order chi connectivity index (χ0) is 14.6. The first-order valence-electron chi connectivity index (χ1n) is 6.33. The van der Waals surface area contributed by atoms with Crippen LogP contribution in [0, 0.1) is 5.82 Å². The van der Waals surface area contributed by atoms with Crippen molar-refractivity contribution in [2.24, 2.45) is 0 Å². The summed E-state index contributed by atoms with van der Waals surface area (Å²) in [6, 6.07) is 5.85. The zero-order valence-corrected chi connectivity index (χ0v) is 12.5. The Morgan fingerprint density at radius 3 is 2.65 bits per heavy atom. The van der Waals surface area contributed by atoms with E-state index in [-0.39, 0.29) is 29.3 Å². The van der Waals surface area contributed by atoms with Crippen LogP contribution in [-0.4, -0.2) is 37.6 Å². The van der Waals surface area contributed by atoms with Gasteiger partial charge in [-0.3, -0.25) is 4.79 Å². The predicted octanol–water partition coefficient (Wildman–Crippen LogP) is 1.61. The fraction of sp³-hybridized carbons (Fsp3) is 0.462. The van der Waals surface area contributed by atoms with E-state index in [4.69, 9.17) is 0 Å². The van der Waals surface area contributed by atoms with Crippen LogP contribution in [0.5, 0.6) is 0 Å². The summed E-state index contributed by atoms with van der Waals surface area (Å²) in [6.45, 7) is 0. The molecule has 0 aromatic heterocycles. The maximum atomic E-state index is 12.7. The number of carbonyl (C=O) groups is 1. The molecule has 0 spiro atoms. The summed E-state index contributed by atoms with van der Waals surface area (Å²) >= 11 is 1.47. The van der Waals surface area contributed by atoms with Gasteiger partial charge >= 0.3 is 0 Å². The van der Waals surface area contributed by atoms with Gasteiger partial charge in [-0.15, -0.1) is 11.8 Å². The second kappa shape index (κ2) is 6.58. The minimum atomic E-state index is -2.96. The molecular formula is C13H16FNO3S2. The van der Waals surface area contributed by atoms with Gasteiger partial charge in [-0.1, -0.05) is 0 Å². The van der Waals surface area contributed by atoms with E-state index in [1.165, 1.54) is 23.9 Å². The number of hydrogen-bond donors (Lipinski definition) is 1. The Labute approximate surface area is 122 Å². The van der Waals surface area contributed by atoms with E-state index in [1.807, 2.05) is 0 Å². The van der Waals surface area contributed by atoms with Gasteiger partial charge < -0.3 is 5.32 Å². The Balaban J connectivity index is 1.69. The highest BCUT2D eigenvalue weighted by atomic mass is 32.2. The molecule has 1 N–H and O–H groups in total. The minimum absolute atomic E-state index is 0.0455. The van der Waals surface area contributed by atoms with E-state index < -0.39 is 9.84 Å². The molecule has 1 fully saturated rings. The highest BCUT2D eigenvalue weighted by Gasteiger charge is 2.28. The molecule has 110 valence electrons. The Bertz CT molecular complexity index is 572. The van der Waals surface area contributed by atoms with E-state index in [2.05, 4.69) is 5.32 Å². The summed E-state index contributed by atoms with van der Waals surface area (Å²) in [4.78, 5) is 12.6. The lowest BCUT2D eigenvalue weighted by Crippen LogP contribution is -2.35. The van der Waals surface area contributed by atoms with Crippen LogP contribution in [0.1, 0.15) is 12.8 Å². The fourth-order valence-corrected chi connectivity index (χ4v) is 4.53. The molecule has 1 aliphatic heterocycles. The van der Waals surface area contributed by atoms with Gasteiger partial charge in [0, 0.05) is 23.1 Å². The van der Waals surface area contributed by atoms with Gasteiger partial charge in [0.25, 0.3) is 0 Å². The number of hydrogen-bond acceptors (Lipinski definition) is 4. The molecule has 2 rings (SSSR count). The van der Waals surface area contributed by atoms with Crippen molar-refractivity contribution in [1.29, 1.82) is 0 Å². The molecule has 0 aliphatic carbocycles. The maximum Gasteiger partial charge on any atom is 0.221 e. The molecule has 20 heavy (non-hydrogen) atoms. The molecule has 0 unspecified atom stereocenters. The summed E-state index contributed by atoms with van der Waals surface area (Å²) in [7, 11) is -2.96. The van der Waals surface area contributed by atoms with Gasteiger partial charge in [-0.05, 0) is 30.7 Å². The first kappa shape index (κ1) is 15.3. The normalized spacial score (nSPS) is 20.8. The molecule has 1 aromatic carbocycles. The third kappa shape index (κ3) is 4.79. The lowest BCUT2D eigenvalue weighted by atomic mass is 10.2. The van der Waals surface area contributed by atoms with Gasteiger partial charge in [0.2, 0.25) is 5.91 Å². The highest BCUT2D eigenvalue weighted by Crippen LogP contribution is 2.19. The molecule has 1 aromatic rings. The number of nitrogens with one attached hydrogen (secondary N) is 1. The number of amides is 1. The third-order valence-corrected chi connectivity index (χ3v) is 5.79. The fourth-order valence-electron chi connectivity index (χ4n) is 2.00. The molecule has 0 saturated carbocycles. The van der Waals surface area contributed by atoms with E-state index in [1.54, 1.807) is 12.1 Å². The van der Waals surface area contributed by atoms with Gasteiger partial charge in [-0.2, -0.15) is 0 Å². The molecular weight excluding hydrogens is 301 g/mol. The van der Waals surface area contributed by atoms with Crippen molar-refractivity contribution in [3.05, 3.63) is 30.1 Å². The van der Waals surface area contributed by atoms with Crippen molar-refractivity contribution in [3.63, 3.8) is 0 Å². The van der Waals surface area contributed by atoms with Crippen LogP contribution in [-0.2, 0) is 14.6 Å². The number of thioether (sulfide) groups is 1. The molecule has 7 heteroatoms. The average Bonchev–Trinajstić information content (AvgIpc) is 2.71. The summed E-state index contributed by atoms with van der Waals surface area (Å²) in [6.07, 6.45) is 0.817. The van der Waals surface area contributed by atoms with Crippen LogP contribution in [0.15, 0.2) is 29.2 Å². The van der Waals surface area contributed by atoms with Crippen molar-refractivity contribution in [2.45, 2.75) is 23.8 Å². The van der Waals surface area contributed by atoms with Gasteiger partial charge in [0.1, 0.15) is 5.82 Å². The monoisotopic (exact) mass is 317 g/mol. The van der Waals surface area contributed by atoms with Crippen molar-refractivity contribution < 1.29 is 17.6 Å². The van der Waals surface area contributed by atoms with Crippen molar-refractivity contribution >= 4 is 27.5 Å². The van der Waals surface area contributed by atoms with Crippen molar-refractivity contribution in [2.75, 3.05) is 17.3 Å². The number of halogens is 1. The Morgan fingerprint density at radius 1 is 1.35 bits per heavy atom.